The summed E-state index contributed by atoms with van der Waals surface area (Å²) in [5, 5.41) is 9.30. The van der Waals surface area contributed by atoms with Gasteiger partial charge in [0.2, 0.25) is 0 Å². The van der Waals surface area contributed by atoms with Crippen LogP contribution in [-0.2, 0) is 0 Å². The van der Waals surface area contributed by atoms with Crippen LogP contribution in [0.3, 0.4) is 0 Å². The Bertz CT molecular complexity index is 310. The number of aliphatic hydroxyl groups excluding tert-OH is 1. The number of hydrogen-bond acceptors (Lipinski definition) is 2. The van der Waals surface area contributed by atoms with E-state index >= 15 is 0 Å². The first-order valence-electron chi connectivity index (χ1n) is 5.62. The van der Waals surface area contributed by atoms with Crippen LogP contribution >= 0.6 is 15.9 Å². The monoisotopic (exact) mass is 285 g/mol. The minimum Gasteiger partial charge on any atom is -0.396 e. The zero-order valence-electron chi connectivity index (χ0n) is 10.2. The molecule has 1 unspecified atom stereocenters. The number of anilines is 1. The molecule has 0 saturated heterocycles. The zero-order chi connectivity index (χ0) is 12.1. The predicted molar refractivity (Wildman–Crippen MR) is 72.8 cm³/mol. The van der Waals surface area contributed by atoms with E-state index in [0.29, 0.717) is 11.8 Å². The van der Waals surface area contributed by atoms with Gasteiger partial charge >= 0.3 is 0 Å². The molecule has 1 atom stereocenters. The summed E-state index contributed by atoms with van der Waals surface area (Å²) < 4.78 is 1.09. The van der Waals surface area contributed by atoms with E-state index in [0.717, 1.165) is 11.0 Å². The second-order valence-corrected chi connectivity index (χ2v) is 5.46. The van der Waals surface area contributed by atoms with E-state index in [-0.39, 0.29) is 6.61 Å². The Hall–Kier alpha value is -0.540. The molecule has 0 radical (unpaired) electrons. The molecule has 16 heavy (non-hydrogen) atoms. The van der Waals surface area contributed by atoms with Crippen molar-refractivity contribution in [2.45, 2.75) is 13.8 Å². The average Bonchev–Trinajstić information content (AvgIpc) is 2.26. The third-order valence-electron chi connectivity index (χ3n) is 2.95. The summed E-state index contributed by atoms with van der Waals surface area (Å²) in [5.74, 6) is 0.830. The summed E-state index contributed by atoms with van der Waals surface area (Å²) in [6.45, 7) is 5.43. The number of nitrogens with zero attached hydrogens (tertiary/aromatic N) is 1. The highest BCUT2D eigenvalue weighted by Crippen LogP contribution is 2.20. The minimum atomic E-state index is 0.249. The Morgan fingerprint density at radius 3 is 2.25 bits per heavy atom. The largest absolute Gasteiger partial charge is 0.396 e. The van der Waals surface area contributed by atoms with Crippen molar-refractivity contribution in [2.24, 2.45) is 11.8 Å². The third kappa shape index (κ3) is 3.80. The summed E-state index contributed by atoms with van der Waals surface area (Å²) in [6, 6.07) is 8.24. The maximum absolute atomic E-state index is 9.30. The highest BCUT2D eigenvalue weighted by molar-refractivity contribution is 9.10. The van der Waals surface area contributed by atoms with E-state index in [1.165, 1.54) is 5.69 Å². The molecule has 0 saturated carbocycles. The lowest BCUT2D eigenvalue weighted by Crippen LogP contribution is -2.30. The molecular weight excluding hydrogens is 266 g/mol. The normalized spacial score (nSPS) is 12.9. The van der Waals surface area contributed by atoms with Gasteiger partial charge in [-0.2, -0.15) is 0 Å². The fraction of sp³-hybridized carbons (Fsp3) is 0.538. The molecule has 0 amide bonds. The van der Waals surface area contributed by atoms with Gasteiger partial charge in [0.25, 0.3) is 0 Å². The maximum Gasteiger partial charge on any atom is 0.0478 e. The van der Waals surface area contributed by atoms with Gasteiger partial charge in [-0.3, -0.25) is 0 Å². The zero-order valence-corrected chi connectivity index (χ0v) is 11.7. The van der Waals surface area contributed by atoms with Crippen molar-refractivity contribution < 1.29 is 5.11 Å². The van der Waals surface area contributed by atoms with E-state index in [1.54, 1.807) is 0 Å². The van der Waals surface area contributed by atoms with Gasteiger partial charge in [-0.25, -0.2) is 0 Å². The van der Waals surface area contributed by atoms with Crippen LogP contribution in [0.2, 0.25) is 0 Å². The van der Waals surface area contributed by atoms with Gasteiger partial charge in [-0.05, 0) is 30.2 Å². The van der Waals surface area contributed by atoms with Crippen LogP contribution in [0.15, 0.2) is 28.7 Å². The number of hydrogen-bond donors (Lipinski definition) is 1. The van der Waals surface area contributed by atoms with Crippen molar-refractivity contribution in [1.29, 1.82) is 0 Å². The third-order valence-corrected chi connectivity index (χ3v) is 3.48. The fourth-order valence-corrected chi connectivity index (χ4v) is 1.90. The Labute approximate surface area is 106 Å². The summed E-state index contributed by atoms with van der Waals surface area (Å²) in [4.78, 5) is 2.19. The van der Waals surface area contributed by atoms with Crippen molar-refractivity contribution in [2.75, 3.05) is 25.1 Å². The summed E-state index contributed by atoms with van der Waals surface area (Å²) >= 11 is 3.42. The van der Waals surface area contributed by atoms with Gasteiger partial charge in [0.1, 0.15) is 0 Å². The van der Waals surface area contributed by atoms with Crippen molar-refractivity contribution in [1.82, 2.24) is 0 Å². The number of benzene rings is 1. The van der Waals surface area contributed by atoms with Gasteiger partial charge in [0.05, 0.1) is 0 Å². The molecule has 3 heteroatoms. The summed E-state index contributed by atoms with van der Waals surface area (Å²) in [7, 11) is 2.06. The molecule has 2 nitrogen and oxygen atoms in total. The second-order valence-electron chi connectivity index (χ2n) is 4.54. The summed E-state index contributed by atoms with van der Waals surface area (Å²) in [5.41, 5.74) is 1.18. The first kappa shape index (κ1) is 13.5. The van der Waals surface area contributed by atoms with Crippen LogP contribution in [0.1, 0.15) is 13.8 Å². The van der Waals surface area contributed by atoms with Crippen LogP contribution in [0, 0.1) is 11.8 Å². The minimum absolute atomic E-state index is 0.249. The SMILES string of the molecule is CC(C)C(CO)CN(C)c1ccc(Br)cc1. The van der Waals surface area contributed by atoms with Gasteiger partial charge in [-0.1, -0.05) is 29.8 Å². The predicted octanol–water partition coefficient (Wildman–Crippen LogP) is 3.15. The molecule has 1 aromatic rings. The first-order valence-corrected chi connectivity index (χ1v) is 6.41. The Kier molecular flexibility index (Phi) is 5.29. The van der Waals surface area contributed by atoms with Gasteiger partial charge in [0, 0.05) is 36.3 Å². The standard InChI is InChI=1S/C13H20BrNO/c1-10(2)11(9-16)8-15(3)13-6-4-12(14)5-7-13/h4-7,10-11,16H,8-9H2,1-3H3. The van der Waals surface area contributed by atoms with Gasteiger partial charge in [-0.15, -0.1) is 0 Å². The van der Waals surface area contributed by atoms with Crippen LogP contribution in [-0.4, -0.2) is 25.3 Å². The average molecular weight is 286 g/mol. The maximum atomic E-state index is 9.30. The fourth-order valence-electron chi connectivity index (χ4n) is 1.63. The lowest BCUT2D eigenvalue weighted by atomic mass is 9.96. The van der Waals surface area contributed by atoms with E-state index < -0.39 is 0 Å². The molecule has 0 aliphatic heterocycles. The topological polar surface area (TPSA) is 23.5 Å². The molecule has 1 aromatic carbocycles. The quantitative estimate of drug-likeness (QED) is 0.898. The van der Waals surface area contributed by atoms with Crippen LogP contribution in [0.5, 0.6) is 0 Å². The van der Waals surface area contributed by atoms with Gasteiger partial charge < -0.3 is 10.0 Å². The van der Waals surface area contributed by atoms with Crippen molar-refractivity contribution in [3.8, 4) is 0 Å². The highest BCUT2D eigenvalue weighted by atomic mass is 79.9. The Balaban J connectivity index is 2.64. The molecule has 0 bridgehead atoms. The Morgan fingerprint density at radius 1 is 1.25 bits per heavy atom. The van der Waals surface area contributed by atoms with Crippen LogP contribution in [0.4, 0.5) is 5.69 Å². The molecule has 0 aliphatic carbocycles. The molecule has 0 aromatic heterocycles. The molecular formula is C13H20BrNO. The molecule has 1 N–H and O–H groups in total. The van der Waals surface area contributed by atoms with E-state index in [2.05, 4.69) is 53.9 Å². The molecule has 1 rings (SSSR count). The van der Waals surface area contributed by atoms with Gasteiger partial charge in [0.15, 0.2) is 0 Å². The molecule has 0 fully saturated rings. The summed E-state index contributed by atoms with van der Waals surface area (Å²) in [6.07, 6.45) is 0. The van der Waals surface area contributed by atoms with Crippen molar-refractivity contribution in [3.63, 3.8) is 0 Å². The number of aliphatic hydroxyl groups is 1. The molecule has 0 aliphatic rings. The van der Waals surface area contributed by atoms with E-state index in [9.17, 15) is 5.11 Å². The van der Waals surface area contributed by atoms with Crippen molar-refractivity contribution >= 4 is 21.6 Å². The highest BCUT2D eigenvalue weighted by Gasteiger charge is 2.14. The number of rotatable bonds is 5. The molecule has 0 heterocycles. The lowest BCUT2D eigenvalue weighted by molar-refractivity contribution is 0.193. The Morgan fingerprint density at radius 2 is 1.81 bits per heavy atom. The second kappa shape index (κ2) is 6.26. The van der Waals surface area contributed by atoms with Crippen LogP contribution < -0.4 is 4.90 Å². The number of halogens is 1. The smallest absolute Gasteiger partial charge is 0.0478 e. The first-order chi connectivity index (χ1) is 7.54. The molecule has 0 spiro atoms. The molecule has 90 valence electrons. The van der Waals surface area contributed by atoms with E-state index in [4.69, 9.17) is 0 Å². The van der Waals surface area contributed by atoms with E-state index in [1.807, 2.05) is 12.1 Å². The van der Waals surface area contributed by atoms with Crippen molar-refractivity contribution in [3.05, 3.63) is 28.7 Å². The lowest BCUT2D eigenvalue weighted by Gasteiger charge is -2.27. The van der Waals surface area contributed by atoms with Crippen LogP contribution in [0.25, 0.3) is 0 Å².